The van der Waals surface area contributed by atoms with Gasteiger partial charge < -0.3 is 9.64 Å². The van der Waals surface area contributed by atoms with Gasteiger partial charge in [0.05, 0.1) is 6.61 Å². The van der Waals surface area contributed by atoms with Gasteiger partial charge in [-0.25, -0.2) is 0 Å². The second kappa shape index (κ2) is 9.08. The molecule has 2 rings (SSSR count). The molecule has 0 N–H and O–H groups in total. The molecule has 4 heteroatoms. The molecule has 0 saturated carbocycles. The Kier molecular flexibility index (Phi) is 7.07. The highest BCUT2D eigenvalue weighted by Gasteiger charge is 2.14. The van der Waals surface area contributed by atoms with Gasteiger partial charge in [-0.15, -0.1) is 0 Å². The first-order chi connectivity index (χ1) is 10.3. The van der Waals surface area contributed by atoms with Crippen molar-refractivity contribution in [3.05, 3.63) is 28.7 Å². The van der Waals surface area contributed by atoms with Gasteiger partial charge in [0.25, 0.3) is 0 Å². The van der Waals surface area contributed by atoms with Crippen molar-refractivity contribution in [1.29, 1.82) is 0 Å². The standard InChI is InChI=1S/C17H24BrNO2/c18-15-8-6-9-16(14-15)21-13-7-10-17(20)19-11-4-2-1-3-5-12-19/h6,8-9,14H,1-5,7,10-13H2. The fourth-order valence-corrected chi connectivity index (χ4v) is 3.00. The summed E-state index contributed by atoms with van der Waals surface area (Å²) >= 11 is 3.42. The molecule has 1 aliphatic rings. The molecule has 0 aliphatic carbocycles. The smallest absolute Gasteiger partial charge is 0.222 e. The number of amides is 1. The third-order valence-corrected chi connectivity index (χ3v) is 4.30. The van der Waals surface area contributed by atoms with Crippen molar-refractivity contribution in [2.75, 3.05) is 19.7 Å². The molecule has 1 aliphatic heterocycles. The Bertz CT molecular complexity index is 442. The van der Waals surface area contributed by atoms with Crippen LogP contribution >= 0.6 is 15.9 Å². The SMILES string of the molecule is O=C(CCCOc1cccc(Br)c1)N1CCCCCCC1. The summed E-state index contributed by atoms with van der Waals surface area (Å²) < 4.78 is 6.68. The predicted octanol–water partition coefficient (Wildman–Crippen LogP) is 4.40. The lowest BCUT2D eigenvalue weighted by atomic mass is 10.1. The van der Waals surface area contributed by atoms with E-state index in [1.807, 2.05) is 29.2 Å². The first kappa shape index (κ1) is 16.3. The fourth-order valence-electron chi connectivity index (χ4n) is 2.63. The van der Waals surface area contributed by atoms with Gasteiger partial charge >= 0.3 is 0 Å². The maximum absolute atomic E-state index is 12.2. The Morgan fingerprint density at radius 2 is 1.86 bits per heavy atom. The van der Waals surface area contributed by atoms with Crippen LogP contribution in [0.4, 0.5) is 0 Å². The molecule has 1 saturated heterocycles. The summed E-state index contributed by atoms with van der Waals surface area (Å²) in [5, 5.41) is 0. The Labute approximate surface area is 135 Å². The molecule has 1 aromatic rings. The van der Waals surface area contributed by atoms with Crippen LogP contribution in [0.25, 0.3) is 0 Å². The van der Waals surface area contributed by atoms with Crippen molar-refractivity contribution >= 4 is 21.8 Å². The predicted molar refractivity (Wildman–Crippen MR) is 88.5 cm³/mol. The molecule has 1 aromatic carbocycles. The maximum atomic E-state index is 12.2. The first-order valence-corrected chi connectivity index (χ1v) is 8.71. The molecular weight excluding hydrogens is 330 g/mol. The number of halogens is 1. The number of carbonyl (C=O) groups excluding carboxylic acids is 1. The maximum Gasteiger partial charge on any atom is 0.222 e. The van der Waals surface area contributed by atoms with Crippen LogP contribution in [-0.4, -0.2) is 30.5 Å². The summed E-state index contributed by atoms with van der Waals surface area (Å²) in [4.78, 5) is 14.2. The molecule has 0 radical (unpaired) electrons. The van der Waals surface area contributed by atoms with Gasteiger partial charge in [-0.3, -0.25) is 4.79 Å². The lowest BCUT2D eigenvalue weighted by Crippen LogP contribution is -2.33. The largest absolute Gasteiger partial charge is 0.494 e. The van der Waals surface area contributed by atoms with Crippen LogP contribution in [0.3, 0.4) is 0 Å². The lowest BCUT2D eigenvalue weighted by molar-refractivity contribution is -0.131. The number of benzene rings is 1. The first-order valence-electron chi connectivity index (χ1n) is 7.92. The topological polar surface area (TPSA) is 29.5 Å². The molecule has 0 atom stereocenters. The van der Waals surface area contributed by atoms with Gasteiger partial charge in [0.15, 0.2) is 0 Å². The molecule has 21 heavy (non-hydrogen) atoms. The van der Waals surface area contributed by atoms with Gasteiger partial charge in [-0.05, 0) is 37.5 Å². The van der Waals surface area contributed by atoms with Crippen LogP contribution < -0.4 is 4.74 Å². The molecule has 1 heterocycles. The summed E-state index contributed by atoms with van der Waals surface area (Å²) in [5.41, 5.74) is 0. The third-order valence-electron chi connectivity index (χ3n) is 3.81. The minimum Gasteiger partial charge on any atom is -0.494 e. The zero-order valence-corrected chi connectivity index (χ0v) is 14.1. The van der Waals surface area contributed by atoms with Crippen molar-refractivity contribution in [2.24, 2.45) is 0 Å². The molecule has 116 valence electrons. The lowest BCUT2D eigenvalue weighted by Gasteiger charge is -2.24. The minimum absolute atomic E-state index is 0.287. The zero-order valence-electron chi connectivity index (χ0n) is 12.5. The van der Waals surface area contributed by atoms with Gasteiger partial charge in [0.2, 0.25) is 5.91 Å². The fraction of sp³-hybridized carbons (Fsp3) is 0.588. The van der Waals surface area contributed by atoms with Crippen molar-refractivity contribution in [2.45, 2.75) is 44.9 Å². The van der Waals surface area contributed by atoms with Crippen molar-refractivity contribution in [3.8, 4) is 5.75 Å². The van der Waals surface area contributed by atoms with Gasteiger partial charge in [-0.1, -0.05) is 41.3 Å². The number of nitrogens with zero attached hydrogens (tertiary/aromatic N) is 1. The number of rotatable bonds is 5. The van der Waals surface area contributed by atoms with Gasteiger partial charge in [-0.2, -0.15) is 0 Å². The highest BCUT2D eigenvalue weighted by Crippen LogP contribution is 2.18. The summed E-state index contributed by atoms with van der Waals surface area (Å²) in [6.07, 6.45) is 7.52. The second-order valence-electron chi connectivity index (χ2n) is 5.56. The molecule has 3 nitrogen and oxygen atoms in total. The van der Waals surface area contributed by atoms with E-state index in [1.165, 1.54) is 19.3 Å². The minimum atomic E-state index is 0.287. The Balaban J connectivity index is 1.66. The van der Waals surface area contributed by atoms with Gasteiger partial charge in [0.1, 0.15) is 5.75 Å². The van der Waals surface area contributed by atoms with E-state index in [0.29, 0.717) is 13.0 Å². The molecule has 0 spiro atoms. The molecular formula is C17H24BrNO2. The molecule has 0 unspecified atom stereocenters. The van der Waals surface area contributed by atoms with Crippen LogP contribution in [-0.2, 0) is 4.79 Å². The number of carbonyl (C=O) groups is 1. The summed E-state index contributed by atoms with van der Waals surface area (Å²) in [7, 11) is 0. The molecule has 1 amide bonds. The quantitative estimate of drug-likeness (QED) is 0.734. The van der Waals surface area contributed by atoms with E-state index in [0.717, 1.165) is 42.6 Å². The van der Waals surface area contributed by atoms with E-state index in [4.69, 9.17) is 4.74 Å². The van der Waals surface area contributed by atoms with E-state index >= 15 is 0 Å². The monoisotopic (exact) mass is 353 g/mol. The number of hydrogen-bond acceptors (Lipinski definition) is 2. The average Bonchev–Trinajstić information content (AvgIpc) is 2.43. The Morgan fingerprint density at radius 3 is 2.57 bits per heavy atom. The number of hydrogen-bond donors (Lipinski definition) is 0. The third kappa shape index (κ3) is 6.08. The van der Waals surface area contributed by atoms with E-state index in [1.54, 1.807) is 0 Å². The summed E-state index contributed by atoms with van der Waals surface area (Å²) in [6, 6.07) is 7.80. The van der Waals surface area contributed by atoms with Crippen molar-refractivity contribution in [1.82, 2.24) is 4.90 Å². The highest BCUT2D eigenvalue weighted by molar-refractivity contribution is 9.10. The highest BCUT2D eigenvalue weighted by atomic mass is 79.9. The Hall–Kier alpha value is -1.03. The Morgan fingerprint density at radius 1 is 1.14 bits per heavy atom. The summed E-state index contributed by atoms with van der Waals surface area (Å²) in [6.45, 7) is 2.46. The van der Waals surface area contributed by atoms with Crippen LogP contribution in [0, 0.1) is 0 Å². The van der Waals surface area contributed by atoms with Crippen LogP contribution in [0.2, 0.25) is 0 Å². The molecule has 0 aromatic heterocycles. The molecule has 1 fully saturated rings. The summed E-state index contributed by atoms with van der Waals surface area (Å²) in [5.74, 6) is 1.14. The van der Waals surface area contributed by atoms with Crippen molar-refractivity contribution in [3.63, 3.8) is 0 Å². The molecule has 0 bridgehead atoms. The number of likely N-dealkylation sites (tertiary alicyclic amines) is 1. The van der Waals surface area contributed by atoms with E-state index in [9.17, 15) is 4.79 Å². The zero-order chi connectivity index (χ0) is 14.9. The van der Waals surface area contributed by atoms with E-state index in [-0.39, 0.29) is 5.91 Å². The normalized spacial score (nSPS) is 16.1. The van der Waals surface area contributed by atoms with Crippen LogP contribution in [0.1, 0.15) is 44.9 Å². The van der Waals surface area contributed by atoms with Crippen LogP contribution in [0.15, 0.2) is 28.7 Å². The van der Waals surface area contributed by atoms with Gasteiger partial charge in [0, 0.05) is 24.0 Å². The van der Waals surface area contributed by atoms with Crippen LogP contribution in [0.5, 0.6) is 5.75 Å². The number of ether oxygens (including phenoxy) is 1. The second-order valence-corrected chi connectivity index (χ2v) is 6.47. The van der Waals surface area contributed by atoms with Crippen molar-refractivity contribution < 1.29 is 9.53 Å². The van der Waals surface area contributed by atoms with E-state index < -0.39 is 0 Å². The average molecular weight is 354 g/mol. The van der Waals surface area contributed by atoms with E-state index in [2.05, 4.69) is 15.9 Å².